The molecule has 3 heteroatoms. The van der Waals surface area contributed by atoms with Crippen LogP contribution in [0.5, 0.6) is 0 Å². The Morgan fingerprint density at radius 2 is 1.65 bits per heavy atom. The highest BCUT2D eigenvalue weighted by Gasteiger charge is 2.33. The summed E-state index contributed by atoms with van der Waals surface area (Å²) in [4.78, 5) is 0. The summed E-state index contributed by atoms with van der Waals surface area (Å²) in [5, 5.41) is 8.41. The summed E-state index contributed by atoms with van der Waals surface area (Å²) < 4.78 is 0. The highest BCUT2D eigenvalue weighted by Crippen LogP contribution is 2.40. The number of para-hydroxylation sites is 1. The van der Waals surface area contributed by atoms with Gasteiger partial charge in [-0.3, -0.25) is 5.43 Å². The Morgan fingerprint density at radius 1 is 0.941 bits per heavy atom. The Hall–Kier alpha value is -2.16. The Morgan fingerprint density at radius 3 is 2.47 bits per heavy atom. The molecule has 2 aromatic rings. The predicted molar refractivity (Wildman–Crippen MR) is 67.8 cm³/mol. The van der Waals surface area contributed by atoms with Crippen LogP contribution >= 0.6 is 0 Å². The van der Waals surface area contributed by atoms with Gasteiger partial charge in [0.05, 0.1) is 5.69 Å². The van der Waals surface area contributed by atoms with E-state index in [0.717, 1.165) is 16.8 Å². The zero-order valence-corrected chi connectivity index (χ0v) is 9.59. The molecule has 0 radical (unpaired) electrons. The van der Waals surface area contributed by atoms with E-state index in [0.29, 0.717) is 0 Å². The molecule has 0 fully saturated rings. The number of hydrogen-bond donors (Lipinski definition) is 1. The van der Waals surface area contributed by atoms with E-state index in [9.17, 15) is 0 Å². The molecule has 1 unspecified atom stereocenters. The predicted octanol–water partition coefficient (Wildman–Crippen LogP) is 3.74. The van der Waals surface area contributed by atoms with Crippen molar-refractivity contribution in [2.75, 3.05) is 5.43 Å². The van der Waals surface area contributed by atoms with Crippen LogP contribution in [0.25, 0.3) is 0 Å². The van der Waals surface area contributed by atoms with E-state index in [2.05, 4.69) is 40.9 Å². The summed E-state index contributed by atoms with van der Waals surface area (Å²) in [6.45, 7) is 2.09. The monoisotopic (exact) mass is 223 g/mol. The second-order valence-electron chi connectivity index (χ2n) is 4.30. The van der Waals surface area contributed by atoms with E-state index >= 15 is 0 Å². The van der Waals surface area contributed by atoms with Crippen LogP contribution in [0.4, 0.5) is 5.69 Å². The van der Waals surface area contributed by atoms with Gasteiger partial charge in [-0.15, -0.1) is 0 Å². The van der Waals surface area contributed by atoms with Gasteiger partial charge in [0.25, 0.3) is 0 Å². The molecule has 1 aliphatic rings. The average molecular weight is 223 g/mol. The van der Waals surface area contributed by atoms with Gasteiger partial charge in [-0.1, -0.05) is 53.8 Å². The van der Waals surface area contributed by atoms with Gasteiger partial charge in [-0.25, -0.2) is 0 Å². The molecule has 17 heavy (non-hydrogen) atoms. The van der Waals surface area contributed by atoms with Crippen molar-refractivity contribution < 1.29 is 0 Å². The van der Waals surface area contributed by atoms with Crippen molar-refractivity contribution in [1.29, 1.82) is 0 Å². The number of benzene rings is 2. The van der Waals surface area contributed by atoms with Crippen LogP contribution in [-0.4, -0.2) is 0 Å². The van der Waals surface area contributed by atoms with Crippen molar-refractivity contribution in [2.24, 2.45) is 10.3 Å². The minimum absolute atomic E-state index is 0.400. The molecule has 1 aliphatic heterocycles. The second kappa shape index (κ2) is 3.70. The lowest BCUT2D eigenvalue weighted by molar-refractivity contribution is 0.553. The number of anilines is 1. The Bertz CT molecular complexity index is 563. The SMILES string of the molecule is CC1(c2ccccc2)N=NNc2ccccc21. The molecule has 0 saturated heterocycles. The van der Waals surface area contributed by atoms with Crippen LogP contribution in [0.3, 0.4) is 0 Å². The Labute approximate surface area is 100 Å². The number of rotatable bonds is 1. The topological polar surface area (TPSA) is 36.8 Å². The van der Waals surface area contributed by atoms with Crippen LogP contribution in [-0.2, 0) is 5.54 Å². The summed E-state index contributed by atoms with van der Waals surface area (Å²) in [6.07, 6.45) is 0. The molecule has 0 aliphatic carbocycles. The van der Waals surface area contributed by atoms with Crippen molar-refractivity contribution >= 4 is 5.69 Å². The summed E-state index contributed by atoms with van der Waals surface area (Å²) >= 11 is 0. The fraction of sp³-hybridized carbons (Fsp3) is 0.143. The van der Waals surface area contributed by atoms with Crippen molar-refractivity contribution in [3.63, 3.8) is 0 Å². The number of fused-ring (bicyclic) bond motifs is 1. The molecule has 84 valence electrons. The lowest BCUT2D eigenvalue weighted by Crippen LogP contribution is -2.24. The molecule has 0 aromatic heterocycles. The quantitative estimate of drug-likeness (QED) is 0.785. The first-order chi connectivity index (χ1) is 8.31. The van der Waals surface area contributed by atoms with Crippen molar-refractivity contribution in [1.82, 2.24) is 0 Å². The number of nitrogens with zero attached hydrogens (tertiary/aromatic N) is 2. The van der Waals surface area contributed by atoms with Crippen molar-refractivity contribution in [3.8, 4) is 0 Å². The highest BCUT2D eigenvalue weighted by atomic mass is 15.4. The van der Waals surface area contributed by atoms with Gasteiger partial charge >= 0.3 is 0 Å². The number of nitrogens with one attached hydrogen (secondary N) is 1. The first-order valence-electron chi connectivity index (χ1n) is 5.64. The fourth-order valence-electron chi connectivity index (χ4n) is 2.21. The molecule has 0 amide bonds. The minimum atomic E-state index is -0.400. The molecule has 0 bridgehead atoms. The molecule has 3 nitrogen and oxygen atoms in total. The third-order valence-electron chi connectivity index (χ3n) is 3.21. The minimum Gasteiger partial charge on any atom is -0.260 e. The van der Waals surface area contributed by atoms with Crippen molar-refractivity contribution in [2.45, 2.75) is 12.5 Å². The van der Waals surface area contributed by atoms with Crippen LogP contribution < -0.4 is 5.43 Å². The summed E-state index contributed by atoms with van der Waals surface area (Å²) in [6, 6.07) is 18.4. The maximum absolute atomic E-state index is 4.39. The third kappa shape index (κ3) is 1.51. The van der Waals surface area contributed by atoms with Gasteiger partial charge in [-0.05, 0) is 18.6 Å². The molecule has 0 spiro atoms. The highest BCUT2D eigenvalue weighted by molar-refractivity contribution is 5.58. The Balaban J connectivity index is 2.20. The van der Waals surface area contributed by atoms with Gasteiger partial charge in [0.2, 0.25) is 0 Å². The van der Waals surface area contributed by atoms with Gasteiger partial charge in [0.15, 0.2) is 0 Å². The molecular formula is C14H13N3. The van der Waals surface area contributed by atoms with E-state index in [-0.39, 0.29) is 0 Å². The molecule has 2 aromatic carbocycles. The smallest absolute Gasteiger partial charge is 0.133 e. The fourth-order valence-corrected chi connectivity index (χ4v) is 2.21. The standard InChI is InChI=1S/C14H13N3/c1-14(11-7-3-2-4-8-11)12-9-5-6-10-13(12)15-17-16-14/h2-10H,1H3,(H,15,16). The molecule has 1 N–H and O–H groups in total. The lowest BCUT2D eigenvalue weighted by Gasteiger charge is -2.29. The third-order valence-corrected chi connectivity index (χ3v) is 3.21. The molecule has 0 saturated carbocycles. The van der Waals surface area contributed by atoms with Crippen molar-refractivity contribution in [3.05, 3.63) is 65.7 Å². The van der Waals surface area contributed by atoms with E-state index in [4.69, 9.17) is 0 Å². The zero-order chi connectivity index (χ0) is 11.7. The van der Waals surface area contributed by atoms with E-state index in [1.807, 2.05) is 36.4 Å². The van der Waals surface area contributed by atoms with Gasteiger partial charge in [0.1, 0.15) is 5.54 Å². The maximum Gasteiger partial charge on any atom is 0.133 e. The Kier molecular flexibility index (Phi) is 2.18. The van der Waals surface area contributed by atoms with Crippen LogP contribution in [0.2, 0.25) is 0 Å². The van der Waals surface area contributed by atoms with Crippen LogP contribution in [0.1, 0.15) is 18.1 Å². The first kappa shape index (κ1) is 10.0. The van der Waals surface area contributed by atoms with E-state index in [1.54, 1.807) is 0 Å². The molecule has 1 atom stereocenters. The summed E-state index contributed by atoms with van der Waals surface area (Å²) in [5.41, 5.74) is 5.87. The second-order valence-corrected chi connectivity index (χ2v) is 4.30. The molecule has 1 heterocycles. The van der Waals surface area contributed by atoms with E-state index in [1.165, 1.54) is 0 Å². The molecular weight excluding hydrogens is 210 g/mol. The van der Waals surface area contributed by atoms with E-state index < -0.39 is 5.54 Å². The van der Waals surface area contributed by atoms with Crippen LogP contribution in [0.15, 0.2) is 64.9 Å². The van der Waals surface area contributed by atoms with Gasteiger partial charge in [-0.2, -0.15) is 5.11 Å². The normalized spacial score (nSPS) is 21.7. The van der Waals surface area contributed by atoms with Gasteiger partial charge in [0, 0.05) is 5.56 Å². The van der Waals surface area contributed by atoms with Crippen LogP contribution in [0, 0.1) is 0 Å². The summed E-state index contributed by atoms with van der Waals surface area (Å²) in [7, 11) is 0. The first-order valence-corrected chi connectivity index (χ1v) is 5.64. The number of hydrogen-bond acceptors (Lipinski definition) is 3. The van der Waals surface area contributed by atoms with Gasteiger partial charge < -0.3 is 0 Å². The zero-order valence-electron chi connectivity index (χ0n) is 9.59. The molecule has 3 rings (SSSR count). The average Bonchev–Trinajstić information content (AvgIpc) is 2.40. The largest absolute Gasteiger partial charge is 0.260 e. The maximum atomic E-state index is 4.39. The lowest BCUT2D eigenvalue weighted by atomic mass is 9.84. The summed E-state index contributed by atoms with van der Waals surface area (Å²) in [5.74, 6) is 0.